The molecule has 7 N–H and O–H groups in total. The van der Waals surface area contributed by atoms with E-state index < -0.39 is 62.8 Å². The van der Waals surface area contributed by atoms with E-state index in [1.54, 1.807) is 200 Å². The molecular formula is C85H79Cl2N3O24S. The Morgan fingerprint density at radius 3 is 1.12 bits per heavy atom. The zero-order valence-electron chi connectivity index (χ0n) is 61.8. The summed E-state index contributed by atoms with van der Waals surface area (Å²) in [7, 11) is 7.36. The van der Waals surface area contributed by atoms with Crippen LogP contribution in [0.3, 0.4) is 0 Å². The summed E-state index contributed by atoms with van der Waals surface area (Å²) in [6, 6.07) is 54.2. The maximum absolute atomic E-state index is 12.4. The number of imide groups is 2. The number of rotatable bonds is 27. The summed E-state index contributed by atoms with van der Waals surface area (Å²) in [6.45, 7) is 5.50. The average Bonchev–Trinajstić information content (AvgIpc) is 1.73. The second-order valence-corrected chi connectivity index (χ2v) is 26.1. The number of ether oxygens (including phenoxy) is 6. The molecular weight excluding hydrogens is 1550 g/mol. The lowest BCUT2D eigenvalue weighted by Gasteiger charge is -2.14. The predicted octanol–water partition coefficient (Wildman–Crippen LogP) is 12.4. The van der Waals surface area contributed by atoms with Gasteiger partial charge in [0.25, 0.3) is 23.6 Å². The summed E-state index contributed by atoms with van der Waals surface area (Å²) in [5.41, 5.74) is 13.3. The average molecular weight is 1630 g/mol. The smallest absolute Gasteiger partial charge is 0.343 e. The van der Waals surface area contributed by atoms with Crippen LogP contribution >= 0.6 is 21.4 Å². The van der Waals surface area contributed by atoms with Gasteiger partial charge in [0.15, 0.2) is 5.78 Å². The van der Waals surface area contributed by atoms with Gasteiger partial charge >= 0.3 is 41.8 Å². The Hall–Kier alpha value is -13.4. The van der Waals surface area contributed by atoms with Gasteiger partial charge in [0.05, 0.1) is 55.5 Å². The molecule has 0 fully saturated rings. The first-order valence-electron chi connectivity index (χ1n) is 34.7. The molecule has 0 radical (unpaired) electrons. The van der Waals surface area contributed by atoms with Crippen LogP contribution in [0.2, 0.25) is 0 Å². The van der Waals surface area contributed by atoms with Crippen LogP contribution in [-0.2, 0) is 99.5 Å². The number of nitrogens with zero attached hydrogens (tertiary/aromatic N) is 2. The van der Waals surface area contributed by atoms with Crippen molar-refractivity contribution in [2.75, 3.05) is 28.7 Å². The quantitative estimate of drug-likeness (QED) is 0.00407. The highest BCUT2D eigenvalue weighted by Gasteiger charge is 2.26. The topological polar surface area (TPSA) is 411 Å². The molecule has 4 amide bonds. The van der Waals surface area contributed by atoms with E-state index in [0.29, 0.717) is 64.1 Å². The summed E-state index contributed by atoms with van der Waals surface area (Å²) in [6.07, 6.45) is 18.6. The van der Waals surface area contributed by atoms with Gasteiger partial charge in [-0.15, -0.1) is 0 Å². The standard InChI is InChI=1S/C31H27NO7.C20H20O5.C12H12O4.C11H9NO3.C7H9NO.C4H2O3.Cl2OS/c1-2-3-20-37-26-15-9-24(10-16-26)31(36)39-27-13-6-22(7-14-27)8-19-30(35)38-21-23-4-11-25(12-5-23)32-28(33)17-18-29(32)34;1-2-3-14-24-17-11-7-16(8-12-17)20(23)25-18-9-4-15(5-10-18)6-13-19(21)22;13-8-10-3-1-9(2-4-10)7-11(14)5-6-12(15)16;13-7-8-1-3-9(4-2-8)12-10(14)5-6-11(12)15;8-7-3-1-6(5-9)2-4-7;5-3-1-2-4(6)7-3;1-4(2)3/h4-19H,2-3,20-21H2,1H3;4-13H,2-3,14H2,1H3,(H,21,22);1-6,13H,7-8H2,(H,15,16);1-6,13H,7H2;1-4,9H,5,8H2;1-2H;/b19-8+;13-6+;6-5-;;;;. The van der Waals surface area contributed by atoms with E-state index >= 15 is 0 Å². The molecule has 8 aromatic rings. The van der Waals surface area contributed by atoms with Crippen molar-refractivity contribution in [3.8, 4) is 23.0 Å². The summed E-state index contributed by atoms with van der Waals surface area (Å²) in [5, 5.41) is 43.2. The van der Waals surface area contributed by atoms with Gasteiger partial charge in [-0.1, -0.05) is 112 Å². The van der Waals surface area contributed by atoms with Crippen LogP contribution in [0, 0.1) is 0 Å². The number of cyclic esters (lactones) is 2. The van der Waals surface area contributed by atoms with E-state index in [4.69, 9.17) is 59.2 Å². The second kappa shape index (κ2) is 50.5. The van der Waals surface area contributed by atoms with Gasteiger partial charge in [0.1, 0.15) is 29.6 Å². The summed E-state index contributed by atoms with van der Waals surface area (Å²) < 4.78 is 40.2. The van der Waals surface area contributed by atoms with Gasteiger partial charge in [-0.05, 0) is 179 Å². The van der Waals surface area contributed by atoms with E-state index in [1.165, 1.54) is 36.5 Å². The molecule has 8 aromatic carbocycles. The van der Waals surface area contributed by atoms with Crippen molar-refractivity contribution in [1.82, 2.24) is 0 Å². The van der Waals surface area contributed by atoms with Crippen LogP contribution in [0.1, 0.15) is 99.2 Å². The number of benzene rings is 8. The lowest BCUT2D eigenvalue weighted by Crippen LogP contribution is -2.29. The maximum Gasteiger partial charge on any atom is 0.343 e. The first-order chi connectivity index (χ1) is 55.2. The fourth-order valence-electron chi connectivity index (χ4n) is 9.12. The van der Waals surface area contributed by atoms with Gasteiger partial charge in [0.2, 0.25) is 9.23 Å². The molecule has 30 heteroatoms. The van der Waals surface area contributed by atoms with Crippen molar-refractivity contribution < 1.29 is 116 Å². The number of aliphatic carboxylic acids is 2. The Morgan fingerprint density at radius 2 is 0.774 bits per heavy atom. The van der Waals surface area contributed by atoms with Crippen LogP contribution in [-0.4, -0.2) is 114 Å². The van der Waals surface area contributed by atoms with Gasteiger partial charge in [-0.3, -0.25) is 24.0 Å². The van der Waals surface area contributed by atoms with Gasteiger partial charge in [-0.25, -0.2) is 47.6 Å². The number of nitrogen functional groups attached to an aromatic ring is 1. The molecule has 598 valence electrons. The fraction of sp³-hybridized carbons (Fsp3) is 0.153. The summed E-state index contributed by atoms with van der Waals surface area (Å²) in [5.74, 6) is -4.32. The number of esters is 5. The number of allylic oxidation sites excluding steroid dienone is 1. The third-order valence-electron chi connectivity index (χ3n) is 15.0. The molecule has 11 rings (SSSR count). The molecule has 3 heterocycles. The number of aliphatic hydroxyl groups is 3. The van der Waals surface area contributed by atoms with Gasteiger partial charge in [-0.2, -0.15) is 0 Å². The molecule has 0 saturated heterocycles. The van der Waals surface area contributed by atoms with Crippen molar-refractivity contribution >= 4 is 131 Å². The number of anilines is 3. The monoisotopic (exact) mass is 1630 g/mol. The Balaban J connectivity index is 0.000000266. The normalized spacial score (nSPS) is 12.2. The lowest BCUT2D eigenvalue weighted by molar-refractivity contribution is -0.150. The molecule has 0 bridgehead atoms. The highest BCUT2D eigenvalue weighted by Crippen LogP contribution is 2.24. The van der Waals surface area contributed by atoms with E-state index in [2.05, 4.69) is 39.9 Å². The van der Waals surface area contributed by atoms with Crippen LogP contribution in [0.25, 0.3) is 12.2 Å². The fourth-order valence-corrected chi connectivity index (χ4v) is 9.12. The number of hydrogen-bond acceptors (Lipinski definition) is 23. The van der Waals surface area contributed by atoms with Crippen LogP contribution in [0.5, 0.6) is 23.0 Å². The molecule has 3 aliphatic rings. The third-order valence-corrected chi connectivity index (χ3v) is 15.0. The minimum absolute atomic E-state index is 0.0321. The number of hydrogen-bond donors (Lipinski definition) is 6. The highest BCUT2D eigenvalue weighted by atomic mass is 36.0. The largest absolute Gasteiger partial charge is 0.494 e. The van der Waals surface area contributed by atoms with Crippen molar-refractivity contribution in [2.45, 2.75) is 72.4 Å². The molecule has 0 unspecified atom stereocenters. The van der Waals surface area contributed by atoms with Gasteiger partial charge in [0, 0.05) is 88.2 Å². The number of aliphatic hydroxyl groups excluding tert-OH is 3. The van der Waals surface area contributed by atoms with Crippen LogP contribution in [0.4, 0.5) is 17.1 Å². The molecule has 3 aliphatic heterocycles. The zero-order chi connectivity index (χ0) is 84.0. The maximum atomic E-state index is 12.4. The molecule has 0 spiro atoms. The van der Waals surface area contributed by atoms with Crippen molar-refractivity contribution in [3.05, 3.63) is 305 Å². The molecule has 0 aliphatic carbocycles. The number of carbonyl (C=O) groups is 12. The molecule has 0 saturated carbocycles. The van der Waals surface area contributed by atoms with Crippen molar-refractivity contribution in [3.63, 3.8) is 0 Å². The number of carboxylic acid groups (broad SMARTS) is 2. The third kappa shape index (κ3) is 35.7. The van der Waals surface area contributed by atoms with Crippen LogP contribution < -0.4 is 34.5 Å². The second-order valence-electron chi connectivity index (χ2n) is 23.6. The molecule has 0 atom stereocenters. The molecule has 0 aromatic heterocycles. The van der Waals surface area contributed by atoms with E-state index in [-0.39, 0.29) is 50.4 Å². The number of ketones is 1. The van der Waals surface area contributed by atoms with E-state index in [1.807, 2.05) is 0 Å². The molecule has 115 heavy (non-hydrogen) atoms. The Morgan fingerprint density at radius 1 is 0.435 bits per heavy atom. The molecule has 27 nitrogen and oxygen atoms in total. The zero-order valence-corrected chi connectivity index (χ0v) is 64.1. The number of halogens is 2. The minimum Gasteiger partial charge on any atom is -0.494 e. The Kier molecular flexibility index (Phi) is 40.5. The van der Waals surface area contributed by atoms with Crippen molar-refractivity contribution in [2.24, 2.45) is 0 Å². The SMILES string of the molecule is CCCCOc1ccc(C(=O)Oc2ccc(/C=C/C(=O)O)cc2)cc1.CCCCOc1ccc(C(=O)Oc2ccc(/C=C/C(=O)OCc3ccc(N4C(=O)C=CC4=O)cc3)cc2)cc1.Nc1ccc(CO)cc1.O=C(O)/C=C\C(=O)Cc1ccc(CO)cc1.O=C1C=CC(=O)N1c1ccc(CO)cc1.O=C1C=CC(=O)O1.O=S(Cl)Cl. The predicted molar refractivity (Wildman–Crippen MR) is 429 cm³/mol. The number of amides is 4. The number of carboxylic acids is 2. The highest BCUT2D eigenvalue weighted by molar-refractivity contribution is 8.26. The Bertz CT molecular complexity index is 4760. The number of nitrogens with two attached hydrogens (primary N) is 1. The lowest BCUT2D eigenvalue weighted by atomic mass is 10.1. The van der Waals surface area contributed by atoms with Gasteiger partial charge < -0.3 is 59.7 Å². The summed E-state index contributed by atoms with van der Waals surface area (Å²) >= 11 is 0. The van der Waals surface area contributed by atoms with E-state index in [0.717, 1.165) is 105 Å². The van der Waals surface area contributed by atoms with Crippen molar-refractivity contribution in [1.29, 1.82) is 0 Å². The minimum atomic E-state index is -1.67. The summed E-state index contributed by atoms with van der Waals surface area (Å²) in [4.78, 5) is 137. The first-order valence-corrected chi connectivity index (χ1v) is 37.5. The van der Waals surface area contributed by atoms with Crippen LogP contribution in [0.15, 0.2) is 255 Å². The Labute approximate surface area is 672 Å². The number of carbonyl (C=O) groups excluding carboxylic acids is 10. The number of unbranched alkanes of at least 4 members (excludes halogenated alkanes) is 2. The van der Waals surface area contributed by atoms with E-state index in [9.17, 15) is 57.5 Å². The first kappa shape index (κ1) is 92.3.